The van der Waals surface area contributed by atoms with E-state index in [-0.39, 0.29) is 18.4 Å². The van der Waals surface area contributed by atoms with Crippen LogP contribution in [0.25, 0.3) is 0 Å². The molecule has 1 aliphatic heterocycles. The summed E-state index contributed by atoms with van der Waals surface area (Å²) in [5, 5.41) is 4.19. The summed E-state index contributed by atoms with van der Waals surface area (Å²) in [4.78, 5) is 39.0. The van der Waals surface area contributed by atoms with Crippen molar-refractivity contribution in [3.8, 4) is 0 Å². The predicted octanol–water partition coefficient (Wildman–Crippen LogP) is 1.50. The van der Waals surface area contributed by atoms with Gasteiger partial charge in [-0.05, 0) is 37.7 Å². The lowest BCUT2D eigenvalue weighted by Crippen LogP contribution is -2.59. The predicted molar refractivity (Wildman–Crippen MR) is 79.2 cm³/mol. The van der Waals surface area contributed by atoms with Gasteiger partial charge in [0.1, 0.15) is 12.6 Å². The van der Waals surface area contributed by atoms with Crippen molar-refractivity contribution < 1.29 is 14.4 Å². The maximum absolute atomic E-state index is 12.8. The van der Waals surface area contributed by atoms with E-state index in [0.717, 1.165) is 24.8 Å². The number of aryl methyl sites for hydroxylation is 1. The monoisotopic (exact) mass is 306 g/mol. The van der Waals surface area contributed by atoms with Crippen LogP contribution in [0, 0.1) is 0 Å². The number of carbonyl (C=O) groups is 3. The van der Waals surface area contributed by atoms with Gasteiger partial charge in [0.25, 0.3) is 5.91 Å². The van der Waals surface area contributed by atoms with E-state index in [1.54, 1.807) is 11.3 Å². The zero-order valence-electron chi connectivity index (χ0n) is 12.0. The van der Waals surface area contributed by atoms with Crippen LogP contribution >= 0.6 is 11.3 Å². The van der Waals surface area contributed by atoms with Crippen LogP contribution in [-0.2, 0) is 22.4 Å². The highest BCUT2D eigenvalue weighted by Gasteiger charge is 2.37. The lowest BCUT2D eigenvalue weighted by Gasteiger charge is -2.33. The Morgan fingerprint density at radius 1 is 1.38 bits per heavy atom. The number of fused-ring (bicyclic) bond motifs is 1. The van der Waals surface area contributed by atoms with Gasteiger partial charge in [-0.25, -0.2) is 0 Å². The highest BCUT2D eigenvalue weighted by Crippen LogP contribution is 2.31. The first-order chi connectivity index (χ1) is 10.1. The van der Waals surface area contributed by atoms with Crippen molar-refractivity contribution in [1.29, 1.82) is 0 Å². The van der Waals surface area contributed by atoms with Gasteiger partial charge in [-0.15, -0.1) is 11.3 Å². The molecule has 1 unspecified atom stereocenters. The number of thiophene rings is 1. The lowest BCUT2D eigenvalue weighted by molar-refractivity contribution is -0.138. The lowest BCUT2D eigenvalue weighted by atomic mass is 9.95. The van der Waals surface area contributed by atoms with Crippen LogP contribution in [0.5, 0.6) is 0 Å². The maximum Gasteiger partial charge on any atom is 0.256 e. The molecule has 0 radical (unpaired) electrons. The third-order valence-corrected chi connectivity index (χ3v) is 5.28. The summed E-state index contributed by atoms with van der Waals surface area (Å²) in [5.41, 5.74) is 1.82. The first-order valence-corrected chi connectivity index (χ1v) is 8.23. The second-order valence-corrected chi connectivity index (χ2v) is 6.49. The van der Waals surface area contributed by atoms with E-state index in [1.807, 2.05) is 12.3 Å². The molecule has 1 atom stereocenters. The van der Waals surface area contributed by atoms with Crippen molar-refractivity contribution in [2.45, 2.75) is 45.1 Å². The fourth-order valence-electron chi connectivity index (χ4n) is 3.11. The highest BCUT2D eigenvalue weighted by molar-refractivity contribution is 7.10. The molecule has 6 heteroatoms. The molecule has 1 fully saturated rings. The molecule has 1 aromatic rings. The number of hydrogen-bond acceptors (Lipinski definition) is 4. The van der Waals surface area contributed by atoms with E-state index in [2.05, 4.69) is 5.32 Å². The highest BCUT2D eigenvalue weighted by atomic mass is 32.1. The number of amides is 3. The Morgan fingerprint density at radius 3 is 2.90 bits per heavy atom. The van der Waals surface area contributed by atoms with Gasteiger partial charge in [-0.3, -0.25) is 19.7 Å². The number of nitrogens with one attached hydrogen (secondary N) is 1. The van der Waals surface area contributed by atoms with Crippen LogP contribution in [0.1, 0.15) is 47.0 Å². The zero-order chi connectivity index (χ0) is 15.0. The second-order valence-electron chi connectivity index (χ2n) is 5.53. The minimum absolute atomic E-state index is 0.0340. The van der Waals surface area contributed by atoms with Crippen LogP contribution in [0.3, 0.4) is 0 Å². The van der Waals surface area contributed by atoms with Gasteiger partial charge < -0.3 is 4.90 Å². The molecule has 2 heterocycles. The van der Waals surface area contributed by atoms with Gasteiger partial charge in [-0.1, -0.05) is 6.92 Å². The Hall–Kier alpha value is -1.69. The molecule has 5 nitrogen and oxygen atoms in total. The Morgan fingerprint density at radius 2 is 2.14 bits per heavy atom. The number of piperazine rings is 1. The number of nitrogens with zero attached hydrogens (tertiary/aromatic N) is 1. The van der Waals surface area contributed by atoms with Crippen molar-refractivity contribution in [2.24, 2.45) is 0 Å². The number of rotatable bonds is 2. The van der Waals surface area contributed by atoms with Crippen LogP contribution in [0.2, 0.25) is 0 Å². The molecular weight excluding hydrogens is 288 g/mol. The fraction of sp³-hybridized carbons (Fsp3) is 0.533. The van der Waals surface area contributed by atoms with Gasteiger partial charge in [0.2, 0.25) is 11.8 Å². The maximum atomic E-state index is 12.8. The molecule has 21 heavy (non-hydrogen) atoms. The average molecular weight is 306 g/mol. The van der Waals surface area contributed by atoms with Gasteiger partial charge in [-0.2, -0.15) is 0 Å². The topological polar surface area (TPSA) is 66.5 Å². The summed E-state index contributed by atoms with van der Waals surface area (Å²) in [6.45, 7) is 1.82. The van der Waals surface area contributed by atoms with E-state index in [1.165, 1.54) is 16.2 Å². The van der Waals surface area contributed by atoms with Gasteiger partial charge in [0.15, 0.2) is 0 Å². The van der Waals surface area contributed by atoms with E-state index in [0.29, 0.717) is 12.0 Å². The molecule has 0 bridgehead atoms. The third-order valence-electron chi connectivity index (χ3n) is 4.19. The first kappa shape index (κ1) is 14.3. The minimum Gasteiger partial charge on any atom is -0.317 e. The molecule has 0 spiro atoms. The summed E-state index contributed by atoms with van der Waals surface area (Å²) in [6, 6.07) is -0.547. The normalized spacial score (nSPS) is 22.0. The third kappa shape index (κ3) is 2.48. The molecule has 0 aromatic carbocycles. The molecule has 3 amide bonds. The van der Waals surface area contributed by atoms with Gasteiger partial charge >= 0.3 is 0 Å². The Labute approximate surface area is 127 Å². The van der Waals surface area contributed by atoms with Crippen molar-refractivity contribution in [2.75, 3.05) is 6.54 Å². The molecule has 1 aliphatic carbocycles. The Kier molecular flexibility index (Phi) is 3.80. The van der Waals surface area contributed by atoms with Crippen molar-refractivity contribution in [3.05, 3.63) is 21.4 Å². The van der Waals surface area contributed by atoms with Crippen LogP contribution in [0.15, 0.2) is 5.38 Å². The zero-order valence-corrected chi connectivity index (χ0v) is 12.8. The smallest absolute Gasteiger partial charge is 0.256 e. The molecule has 1 N–H and O–H groups in total. The molecule has 1 saturated heterocycles. The molecule has 2 aliphatic rings. The van der Waals surface area contributed by atoms with Gasteiger partial charge in [0.05, 0.1) is 5.56 Å². The summed E-state index contributed by atoms with van der Waals surface area (Å²) >= 11 is 1.62. The molecule has 3 rings (SSSR count). The quantitative estimate of drug-likeness (QED) is 0.842. The Bertz CT molecular complexity index is 608. The largest absolute Gasteiger partial charge is 0.317 e. The minimum atomic E-state index is -0.547. The number of hydrogen-bond donors (Lipinski definition) is 1. The molecule has 1 aromatic heterocycles. The van der Waals surface area contributed by atoms with Crippen LogP contribution in [-0.4, -0.2) is 35.2 Å². The standard InChI is InChI=1S/C15H18N2O3S/c1-2-11-14(19)16-13(18)7-17(11)15(20)10-8-21-12-6-4-3-5-9(10)12/h8,11H,2-7H2,1H3,(H,16,18,19). The van der Waals surface area contributed by atoms with E-state index in [4.69, 9.17) is 0 Å². The molecular formula is C15H18N2O3S. The van der Waals surface area contributed by atoms with Crippen molar-refractivity contribution >= 4 is 29.1 Å². The number of imide groups is 1. The van der Waals surface area contributed by atoms with E-state index < -0.39 is 11.9 Å². The van der Waals surface area contributed by atoms with E-state index in [9.17, 15) is 14.4 Å². The van der Waals surface area contributed by atoms with Crippen LogP contribution in [0.4, 0.5) is 0 Å². The summed E-state index contributed by atoms with van der Waals surface area (Å²) < 4.78 is 0. The molecule has 0 saturated carbocycles. The van der Waals surface area contributed by atoms with Crippen molar-refractivity contribution in [1.82, 2.24) is 10.2 Å². The molecule has 112 valence electrons. The summed E-state index contributed by atoms with van der Waals surface area (Å²) in [5.74, 6) is -0.946. The number of carbonyl (C=O) groups excluding carboxylic acids is 3. The summed E-state index contributed by atoms with van der Waals surface area (Å²) in [7, 11) is 0. The fourth-order valence-corrected chi connectivity index (χ4v) is 4.23. The van der Waals surface area contributed by atoms with Gasteiger partial charge in [0, 0.05) is 10.3 Å². The Balaban J connectivity index is 1.91. The SMILES string of the molecule is CCC1C(=O)NC(=O)CN1C(=O)c1csc2c1CCCC2. The first-order valence-electron chi connectivity index (χ1n) is 7.35. The average Bonchev–Trinajstić information content (AvgIpc) is 2.89. The van der Waals surface area contributed by atoms with Crippen LogP contribution < -0.4 is 5.32 Å². The second kappa shape index (κ2) is 5.60. The summed E-state index contributed by atoms with van der Waals surface area (Å²) in [6.07, 6.45) is 4.73. The van der Waals surface area contributed by atoms with E-state index >= 15 is 0 Å². The van der Waals surface area contributed by atoms with Crippen molar-refractivity contribution in [3.63, 3.8) is 0 Å².